The van der Waals surface area contributed by atoms with Crippen LogP contribution in [0, 0.1) is 6.92 Å². The number of hydrogen-bond acceptors (Lipinski definition) is 4. The third-order valence-electron chi connectivity index (χ3n) is 4.34. The number of nitrogens with one attached hydrogen (secondary N) is 2. The first-order chi connectivity index (χ1) is 12.5. The number of aromatic nitrogens is 3. The highest BCUT2D eigenvalue weighted by molar-refractivity contribution is 6.07. The number of carbonyl (C=O) groups is 2. The molecule has 0 aliphatic carbocycles. The van der Waals surface area contributed by atoms with Crippen LogP contribution in [-0.4, -0.2) is 26.6 Å². The molecule has 7 nitrogen and oxygen atoms in total. The molecule has 26 heavy (non-hydrogen) atoms. The van der Waals surface area contributed by atoms with Crippen LogP contribution in [0.1, 0.15) is 32.1 Å². The zero-order valence-electron chi connectivity index (χ0n) is 14.4. The fourth-order valence-corrected chi connectivity index (χ4v) is 3.19. The Morgan fingerprint density at radius 3 is 2.69 bits per heavy atom. The Morgan fingerprint density at radius 2 is 1.92 bits per heavy atom. The molecule has 2 N–H and O–H groups in total. The molecule has 0 atom stereocenters. The number of rotatable bonds is 2. The Balaban J connectivity index is 1.78. The molecule has 0 radical (unpaired) electrons. The molecular formula is C19H17N5O2. The summed E-state index contributed by atoms with van der Waals surface area (Å²) in [5.41, 5.74) is 3.88. The second kappa shape index (κ2) is 6.11. The molecule has 0 fully saturated rings. The first-order valence-corrected chi connectivity index (χ1v) is 8.23. The highest BCUT2D eigenvalue weighted by atomic mass is 16.2. The lowest BCUT2D eigenvalue weighted by Gasteiger charge is -2.06. The SMILES string of the molecule is Cc1cccc(NC(=O)c2nn(C)c3c2CNC(=O)c2ccccc2-3)n1. The molecule has 0 saturated carbocycles. The Labute approximate surface area is 150 Å². The first kappa shape index (κ1) is 16.0. The fourth-order valence-electron chi connectivity index (χ4n) is 3.19. The highest BCUT2D eigenvalue weighted by Crippen LogP contribution is 2.31. The van der Waals surface area contributed by atoms with Crippen LogP contribution in [0.3, 0.4) is 0 Å². The predicted octanol–water partition coefficient (Wildman–Crippen LogP) is 2.29. The minimum absolute atomic E-state index is 0.163. The van der Waals surface area contributed by atoms with E-state index in [1.165, 1.54) is 0 Å². The van der Waals surface area contributed by atoms with Crippen LogP contribution in [0.2, 0.25) is 0 Å². The minimum Gasteiger partial charge on any atom is -0.348 e. The summed E-state index contributed by atoms with van der Waals surface area (Å²) in [7, 11) is 1.77. The number of anilines is 1. The molecule has 1 aliphatic heterocycles. The van der Waals surface area contributed by atoms with Crippen LogP contribution in [0.5, 0.6) is 0 Å². The lowest BCUT2D eigenvalue weighted by molar-refractivity contribution is 0.0949. The van der Waals surface area contributed by atoms with Crippen LogP contribution in [0.15, 0.2) is 42.5 Å². The van der Waals surface area contributed by atoms with E-state index in [1.54, 1.807) is 23.9 Å². The van der Waals surface area contributed by atoms with E-state index in [0.29, 0.717) is 16.9 Å². The van der Waals surface area contributed by atoms with Crippen molar-refractivity contribution in [3.8, 4) is 11.3 Å². The van der Waals surface area contributed by atoms with E-state index in [0.717, 1.165) is 17.0 Å². The summed E-state index contributed by atoms with van der Waals surface area (Å²) in [4.78, 5) is 29.4. The highest BCUT2D eigenvalue weighted by Gasteiger charge is 2.28. The van der Waals surface area contributed by atoms with E-state index in [9.17, 15) is 9.59 Å². The van der Waals surface area contributed by atoms with Crippen LogP contribution in [0.4, 0.5) is 5.82 Å². The molecule has 0 saturated heterocycles. The van der Waals surface area contributed by atoms with Gasteiger partial charge in [0.05, 0.1) is 5.69 Å². The number of fused-ring (bicyclic) bond motifs is 3. The van der Waals surface area contributed by atoms with Gasteiger partial charge in [-0.3, -0.25) is 14.3 Å². The summed E-state index contributed by atoms with van der Waals surface area (Å²) >= 11 is 0. The van der Waals surface area contributed by atoms with Gasteiger partial charge in [0.15, 0.2) is 5.69 Å². The molecule has 0 unspecified atom stereocenters. The van der Waals surface area contributed by atoms with Crippen molar-refractivity contribution >= 4 is 17.6 Å². The summed E-state index contributed by atoms with van der Waals surface area (Å²) in [6.07, 6.45) is 0. The minimum atomic E-state index is -0.353. The van der Waals surface area contributed by atoms with Crippen LogP contribution in [-0.2, 0) is 13.6 Å². The van der Waals surface area contributed by atoms with Crippen molar-refractivity contribution in [2.45, 2.75) is 13.5 Å². The van der Waals surface area contributed by atoms with Crippen molar-refractivity contribution < 1.29 is 9.59 Å². The molecule has 1 aromatic carbocycles. The maximum Gasteiger partial charge on any atom is 0.277 e. The van der Waals surface area contributed by atoms with Gasteiger partial charge in [0.1, 0.15) is 5.82 Å². The Kier molecular flexibility index (Phi) is 3.76. The third-order valence-corrected chi connectivity index (χ3v) is 4.34. The largest absolute Gasteiger partial charge is 0.348 e. The van der Waals surface area contributed by atoms with E-state index in [1.807, 2.05) is 37.3 Å². The van der Waals surface area contributed by atoms with Gasteiger partial charge in [-0.25, -0.2) is 4.98 Å². The number of amides is 2. The quantitative estimate of drug-likeness (QED) is 0.744. The lowest BCUT2D eigenvalue weighted by Crippen LogP contribution is -2.23. The maximum atomic E-state index is 12.8. The van der Waals surface area contributed by atoms with Crippen molar-refractivity contribution in [3.63, 3.8) is 0 Å². The number of nitrogens with zero attached hydrogens (tertiary/aromatic N) is 3. The smallest absolute Gasteiger partial charge is 0.277 e. The van der Waals surface area contributed by atoms with Gasteiger partial charge in [-0.15, -0.1) is 0 Å². The summed E-state index contributed by atoms with van der Waals surface area (Å²) < 4.78 is 1.65. The molecule has 1 aliphatic rings. The zero-order chi connectivity index (χ0) is 18.3. The Bertz CT molecular complexity index is 1040. The average molecular weight is 347 g/mol. The van der Waals surface area contributed by atoms with E-state index in [-0.39, 0.29) is 24.1 Å². The molecule has 2 amide bonds. The van der Waals surface area contributed by atoms with Crippen molar-refractivity contribution in [3.05, 3.63) is 65.0 Å². The Hall–Kier alpha value is -3.48. The van der Waals surface area contributed by atoms with Gasteiger partial charge in [-0.05, 0) is 25.1 Å². The number of pyridine rings is 1. The molecule has 7 heteroatoms. The lowest BCUT2D eigenvalue weighted by atomic mass is 10.0. The fraction of sp³-hybridized carbons (Fsp3) is 0.158. The van der Waals surface area contributed by atoms with Gasteiger partial charge in [-0.1, -0.05) is 24.3 Å². The summed E-state index contributed by atoms with van der Waals surface area (Å²) in [6, 6.07) is 12.7. The number of benzene rings is 1. The van der Waals surface area contributed by atoms with Crippen LogP contribution in [0.25, 0.3) is 11.3 Å². The van der Waals surface area contributed by atoms with Crippen molar-refractivity contribution in [2.75, 3.05) is 5.32 Å². The molecule has 2 aromatic heterocycles. The molecule has 3 aromatic rings. The molecule has 3 heterocycles. The van der Waals surface area contributed by atoms with Gasteiger partial charge in [0, 0.05) is 36.0 Å². The molecular weight excluding hydrogens is 330 g/mol. The summed E-state index contributed by atoms with van der Waals surface area (Å²) in [6.45, 7) is 2.09. The summed E-state index contributed by atoms with van der Waals surface area (Å²) in [5, 5.41) is 10.0. The van der Waals surface area contributed by atoms with E-state index >= 15 is 0 Å². The molecule has 0 spiro atoms. The van der Waals surface area contributed by atoms with E-state index < -0.39 is 0 Å². The van der Waals surface area contributed by atoms with Crippen molar-refractivity contribution in [1.29, 1.82) is 0 Å². The number of hydrogen-bond donors (Lipinski definition) is 2. The van der Waals surface area contributed by atoms with E-state index in [4.69, 9.17) is 0 Å². The first-order valence-electron chi connectivity index (χ1n) is 8.23. The average Bonchev–Trinajstić information content (AvgIpc) is 2.87. The zero-order valence-corrected chi connectivity index (χ0v) is 14.4. The van der Waals surface area contributed by atoms with Gasteiger partial charge in [-0.2, -0.15) is 5.10 Å². The van der Waals surface area contributed by atoms with Gasteiger partial charge < -0.3 is 10.6 Å². The maximum absolute atomic E-state index is 12.8. The van der Waals surface area contributed by atoms with Gasteiger partial charge in [0.25, 0.3) is 11.8 Å². The van der Waals surface area contributed by atoms with Crippen LogP contribution < -0.4 is 10.6 Å². The normalized spacial score (nSPS) is 12.6. The second-order valence-electron chi connectivity index (χ2n) is 6.15. The standard InChI is InChI=1S/C19H17N5O2/c1-11-6-5-9-15(21-11)22-19(26)16-14-10-20-18(25)13-8-4-3-7-12(13)17(14)24(2)23-16/h3-9H,10H2,1-2H3,(H,20,25)(H,21,22,26). The third kappa shape index (κ3) is 2.63. The monoisotopic (exact) mass is 347 g/mol. The number of aryl methyl sites for hydroxylation is 2. The summed E-state index contributed by atoms with van der Waals surface area (Å²) in [5.74, 6) is -0.0513. The second-order valence-corrected chi connectivity index (χ2v) is 6.15. The van der Waals surface area contributed by atoms with Gasteiger partial charge in [0.2, 0.25) is 0 Å². The number of carbonyl (C=O) groups excluding carboxylic acids is 2. The molecule has 130 valence electrons. The topological polar surface area (TPSA) is 88.9 Å². The van der Waals surface area contributed by atoms with E-state index in [2.05, 4.69) is 20.7 Å². The molecule has 0 bridgehead atoms. The van der Waals surface area contributed by atoms with Crippen LogP contribution >= 0.6 is 0 Å². The van der Waals surface area contributed by atoms with Crippen molar-refractivity contribution in [1.82, 2.24) is 20.1 Å². The van der Waals surface area contributed by atoms with Crippen molar-refractivity contribution in [2.24, 2.45) is 7.05 Å². The van der Waals surface area contributed by atoms with Gasteiger partial charge >= 0.3 is 0 Å². The predicted molar refractivity (Wildman–Crippen MR) is 96.7 cm³/mol. The molecule has 4 rings (SSSR count). The Morgan fingerprint density at radius 1 is 1.15 bits per heavy atom.